The Morgan fingerprint density at radius 3 is 2.38 bits per heavy atom. The Hall–Kier alpha value is -3.56. The number of likely N-dealkylation sites (tertiary alicyclic amines) is 1. The van der Waals surface area contributed by atoms with Gasteiger partial charge in [0.25, 0.3) is 5.91 Å². The smallest absolute Gasteiger partial charge is 0.251 e. The highest BCUT2D eigenvalue weighted by Crippen LogP contribution is 2.71. The molecule has 2 unspecified atom stereocenters. The quantitative estimate of drug-likeness (QED) is 0.184. The van der Waals surface area contributed by atoms with Gasteiger partial charge in [0.1, 0.15) is 11.8 Å². The average Bonchev–Trinajstić information content (AvgIpc) is 3.62. The molecule has 8 nitrogen and oxygen atoms in total. The maximum absolute atomic E-state index is 15.0. The van der Waals surface area contributed by atoms with E-state index in [1.54, 1.807) is 38.6 Å². The van der Waals surface area contributed by atoms with Crippen LogP contribution < -0.4 is 14.5 Å². The Labute approximate surface area is 283 Å². The van der Waals surface area contributed by atoms with Gasteiger partial charge in [-0.05, 0) is 101 Å². The van der Waals surface area contributed by atoms with Crippen LogP contribution in [0.2, 0.25) is 0 Å². The summed E-state index contributed by atoms with van der Waals surface area (Å²) < 4.78 is 4.38. The molecule has 2 aromatic carbocycles. The van der Waals surface area contributed by atoms with Crippen molar-refractivity contribution in [2.45, 2.75) is 75.3 Å². The molecule has 3 aliphatic rings. The number of thioether (sulfide) groups is 1. The van der Waals surface area contributed by atoms with Crippen molar-refractivity contribution < 1.29 is 24.2 Å². The van der Waals surface area contributed by atoms with Crippen LogP contribution >= 0.6 is 11.8 Å². The number of fused-ring (bicyclic) bond motifs is 1. The standard InChI is InChI=1S/C38H49N3O5S/c1-7-21-39(28-15-17-29(18-16-28)46-9-3)34(43)31-32-35(44)41(23-11-10-12-24-42)33(38(32)20-19-37(31,6)47-38)36(45)40(22-8-2)30-25-26(4)13-14-27(30)5/h7-8,13-18,25,31-33,42H,1-2,9-12,19-24H2,3-6H3/t31-,32+,33?,37+,38?/m1/s1. The minimum atomic E-state index is -0.740. The number of amides is 3. The summed E-state index contributed by atoms with van der Waals surface area (Å²) >= 11 is 1.68. The maximum atomic E-state index is 15.0. The molecule has 9 heteroatoms. The van der Waals surface area contributed by atoms with E-state index in [0.717, 1.165) is 41.1 Å². The third kappa shape index (κ3) is 6.24. The first-order valence-corrected chi connectivity index (χ1v) is 17.6. The van der Waals surface area contributed by atoms with Crippen LogP contribution in [0.15, 0.2) is 67.8 Å². The van der Waals surface area contributed by atoms with E-state index in [0.29, 0.717) is 45.5 Å². The zero-order valence-electron chi connectivity index (χ0n) is 28.2. The Morgan fingerprint density at radius 1 is 1.02 bits per heavy atom. The normalized spacial score (nSPS) is 25.9. The lowest BCUT2D eigenvalue weighted by Gasteiger charge is -2.38. The summed E-state index contributed by atoms with van der Waals surface area (Å²) in [5.41, 5.74) is 3.54. The van der Waals surface area contributed by atoms with Crippen molar-refractivity contribution in [2.24, 2.45) is 11.8 Å². The monoisotopic (exact) mass is 659 g/mol. The third-order valence-electron chi connectivity index (χ3n) is 10.1. The van der Waals surface area contributed by atoms with E-state index in [9.17, 15) is 14.7 Å². The number of carbonyl (C=O) groups excluding carboxylic acids is 3. The Morgan fingerprint density at radius 2 is 1.72 bits per heavy atom. The number of nitrogens with zero attached hydrogens (tertiary/aromatic N) is 3. The molecule has 0 aromatic heterocycles. The van der Waals surface area contributed by atoms with Gasteiger partial charge in [0.05, 0.1) is 23.2 Å². The molecule has 3 amide bonds. The van der Waals surface area contributed by atoms with Crippen LogP contribution in [0.25, 0.3) is 0 Å². The highest BCUT2D eigenvalue weighted by Gasteiger charge is 2.77. The van der Waals surface area contributed by atoms with Gasteiger partial charge in [-0.3, -0.25) is 14.4 Å². The lowest BCUT2D eigenvalue weighted by molar-refractivity contribution is -0.139. The van der Waals surface area contributed by atoms with Gasteiger partial charge in [-0.25, -0.2) is 0 Å². The van der Waals surface area contributed by atoms with Gasteiger partial charge >= 0.3 is 0 Å². The molecule has 5 atom stereocenters. The van der Waals surface area contributed by atoms with Crippen molar-refractivity contribution in [1.82, 2.24) is 4.90 Å². The summed E-state index contributed by atoms with van der Waals surface area (Å²) in [5.74, 6) is -0.880. The van der Waals surface area contributed by atoms with E-state index >= 15 is 4.79 Å². The van der Waals surface area contributed by atoms with Gasteiger partial charge in [-0.15, -0.1) is 24.9 Å². The second-order valence-electron chi connectivity index (χ2n) is 13.2. The summed E-state index contributed by atoms with van der Waals surface area (Å²) in [4.78, 5) is 49.8. The number of aryl methyl sites for hydroxylation is 2. The molecule has 0 saturated carbocycles. The fourth-order valence-electron chi connectivity index (χ4n) is 7.99. The molecular formula is C38H49N3O5S. The third-order valence-corrected chi connectivity index (χ3v) is 12.1. The molecule has 2 aromatic rings. The largest absolute Gasteiger partial charge is 0.494 e. The molecule has 0 radical (unpaired) electrons. The van der Waals surface area contributed by atoms with Gasteiger partial charge in [0, 0.05) is 42.4 Å². The maximum Gasteiger partial charge on any atom is 0.251 e. The molecule has 3 aliphatic heterocycles. The second kappa shape index (κ2) is 14.3. The van der Waals surface area contributed by atoms with Crippen molar-refractivity contribution in [3.05, 3.63) is 78.9 Å². The number of unbranched alkanes of at least 4 members (excludes halogenated alkanes) is 2. The van der Waals surface area contributed by atoms with Crippen molar-refractivity contribution in [1.29, 1.82) is 0 Å². The van der Waals surface area contributed by atoms with Crippen LogP contribution in [-0.2, 0) is 14.4 Å². The van der Waals surface area contributed by atoms with Gasteiger partial charge in [0.15, 0.2) is 0 Å². The summed E-state index contributed by atoms with van der Waals surface area (Å²) in [5, 5.41) is 9.42. The second-order valence-corrected chi connectivity index (χ2v) is 15.1. The van der Waals surface area contributed by atoms with E-state index in [4.69, 9.17) is 4.74 Å². The van der Waals surface area contributed by atoms with Gasteiger partial charge in [0.2, 0.25) is 11.8 Å². The first-order chi connectivity index (χ1) is 22.6. The number of hydrogen-bond acceptors (Lipinski definition) is 6. The molecule has 5 rings (SSSR count). The van der Waals surface area contributed by atoms with Gasteiger partial charge in [-0.1, -0.05) is 24.3 Å². The molecule has 1 N–H and O–H groups in total. The van der Waals surface area contributed by atoms with Crippen LogP contribution in [0, 0.1) is 25.7 Å². The van der Waals surface area contributed by atoms with Gasteiger partial charge < -0.3 is 24.5 Å². The molecule has 3 fully saturated rings. The molecule has 3 heterocycles. The lowest BCUT2D eigenvalue weighted by Crippen LogP contribution is -2.55. The number of carbonyl (C=O) groups is 3. The lowest BCUT2D eigenvalue weighted by atomic mass is 9.66. The van der Waals surface area contributed by atoms with E-state index in [1.165, 1.54) is 0 Å². The number of aliphatic hydroxyl groups excluding tert-OH is 1. The van der Waals surface area contributed by atoms with Crippen molar-refractivity contribution >= 4 is 40.9 Å². The van der Waals surface area contributed by atoms with Crippen molar-refractivity contribution in [2.75, 3.05) is 42.6 Å². The van der Waals surface area contributed by atoms with E-state index in [1.807, 2.05) is 63.2 Å². The highest BCUT2D eigenvalue weighted by atomic mass is 32.2. The summed E-state index contributed by atoms with van der Waals surface area (Å²) in [6.07, 6.45) is 6.89. The van der Waals surface area contributed by atoms with Gasteiger partial charge in [-0.2, -0.15) is 0 Å². The Bertz CT molecular complexity index is 1510. The minimum absolute atomic E-state index is 0.0814. The topological polar surface area (TPSA) is 90.4 Å². The number of benzene rings is 2. The van der Waals surface area contributed by atoms with Crippen molar-refractivity contribution in [3.63, 3.8) is 0 Å². The Balaban J connectivity index is 1.57. The van der Waals surface area contributed by atoms with E-state index in [2.05, 4.69) is 20.1 Å². The Kier molecular flexibility index (Phi) is 10.6. The zero-order chi connectivity index (χ0) is 33.9. The number of anilines is 2. The zero-order valence-corrected chi connectivity index (χ0v) is 29.1. The molecule has 2 bridgehead atoms. The minimum Gasteiger partial charge on any atom is -0.494 e. The first kappa shape index (κ1) is 34.8. The molecule has 1 spiro atoms. The average molecular weight is 660 g/mol. The first-order valence-electron chi connectivity index (χ1n) is 16.8. The van der Waals surface area contributed by atoms with Crippen LogP contribution in [0.4, 0.5) is 11.4 Å². The van der Waals surface area contributed by atoms with Crippen LogP contribution in [0.3, 0.4) is 0 Å². The molecule has 47 heavy (non-hydrogen) atoms. The van der Waals surface area contributed by atoms with E-state index < -0.39 is 27.4 Å². The fourth-order valence-corrected chi connectivity index (χ4v) is 10.3. The molecule has 252 valence electrons. The SMILES string of the molecule is C=CCN(C(=O)[C@H]1[C@H]2C(=O)N(CCCCCO)C(C(=O)N(CC=C)c3cc(C)ccc3C)C23CC[C@]1(C)S3)c1ccc(OCC)cc1. The predicted molar refractivity (Wildman–Crippen MR) is 190 cm³/mol. The highest BCUT2D eigenvalue weighted by molar-refractivity contribution is 8.02. The predicted octanol–water partition coefficient (Wildman–Crippen LogP) is 6.08. The summed E-state index contributed by atoms with van der Waals surface area (Å²) in [6, 6.07) is 12.8. The number of hydrogen-bond donors (Lipinski definition) is 1. The summed E-state index contributed by atoms with van der Waals surface area (Å²) in [6.45, 7) is 17.5. The van der Waals surface area contributed by atoms with E-state index in [-0.39, 0.29) is 24.3 Å². The number of aliphatic hydroxyl groups is 1. The molecule has 0 aliphatic carbocycles. The number of ether oxygens (including phenoxy) is 1. The number of rotatable bonds is 15. The van der Waals surface area contributed by atoms with Crippen LogP contribution in [0.1, 0.15) is 57.1 Å². The van der Waals surface area contributed by atoms with Crippen molar-refractivity contribution in [3.8, 4) is 5.75 Å². The molecular weight excluding hydrogens is 611 g/mol. The van der Waals surface area contributed by atoms with Crippen LogP contribution in [-0.4, -0.2) is 76.1 Å². The van der Waals surface area contributed by atoms with Crippen LogP contribution in [0.5, 0.6) is 5.75 Å². The fraction of sp³-hybridized carbons (Fsp3) is 0.500. The molecule has 3 saturated heterocycles. The summed E-state index contributed by atoms with van der Waals surface area (Å²) in [7, 11) is 0.